The first kappa shape index (κ1) is 14.6. The number of hydrogen-bond acceptors (Lipinski definition) is 2. The van der Waals surface area contributed by atoms with Crippen molar-refractivity contribution in [3.05, 3.63) is 35.4 Å². The average Bonchev–Trinajstić information content (AvgIpc) is 2.93. The third-order valence-electron chi connectivity index (χ3n) is 4.31. The molecule has 1 aromatic rings. The van der Waals surface area contributed by atoms with Crippen molar-refractivity contribution < 1.29 is 14.7 Å². The number of rotatable bonds is 4. The van der Waals surface area contributed by atoms with Gasteiger partial charge in [0.05, 0.1) is 17.9 Å². The highest BCUT2D eigenvalue weighted by molar-refractivity contribution is 5.91. The van der Waals surface area contributed by atoms with Crippen molar-refractivity contribution in [3.63, 3.8) is 0 Å². The predicted molar refractivity (Wildman–Crippen MR) is 76.1 cm³/mol. The third kappa shape index (κ3) is 2.55. The monoisotopic (exact) mass is 275 g/mol. The summed E-state index contributed by atoms with van der Waals surface area (Å²) in [7, 11) is 0. The minimum atomic E-state index is -0.891. The number of amides is 1. The van der Waals surface area contributed by atoms with E-state index in [0.717, 1.165) is 5.56 Å². The molecule has 0 spiro atoms. The number of benzene rings is 1. The Balaban J connectivity index is 2.02. The average molecular weight is 275 g/mol. The smallest absolute Gasteiger partial charge is 0.307 e. The number of carboxylic acid groups (broad SMARTS) is 1. The molecule has 2 rings (SSSR count). The van der Waals surface area contributed by atoms with E-state index in [0.29, 0.717) is 0 Å². The van der Waals surface area contributed by atoms with E-state index in [-0.39, 0.29) is 11.9 Å². The van der Waals surface area contributed by atoms with Gasteiger partial charge in [0.2, 0.25) is 5.91 Å². The van der Waals surface area contributed by atoms with Gasteiger partial charge in [-0.2, -0.15) is 0 Å². The highest BCUT2D eigenvalue weighted by Gasteiger charge is 2.65. The molecule has 1 aliphatic rings. The maximum Gasteiger partial charge on any atom is 0.307 e. The Hall–Kier alpha value is -1.84. The summed E-state index contributed by atoms with van der Waals surface area (Å²) >= 11 is 0. The Morgan fingerprint density at radius 2 is 1.75 bits per heavy atom. The Bertz CT molecular complexity index is 533. The van der Waals surface area contributed by atoms with E-state index in [1.54, 1.807) is 0 Å². The van der Waals surface area contributed by atoms with Crippen LogP contribution in [-0.4, -0.2) is 17.0 Å². The van der Waals surface area contributed by atoms with Crippen molar-refractivity contribution in [2.45, 2.75) is 33.7 Å². The quantitative estimate of drug-likeness (QED) is 0.887. The van der Waals surface area contributed by atoms with E-state index < -0.39 is 23.2 Å². The Labute approximate surface area is 119 Å². The van der Waals surface area contributed by atoms with Crippen LogP contribution in [0.3, 0.4) is 0 Å². The molecule has 1 amide bonds. The van der Waals surface area contributed by atoms with Crippen molar-refractivity contribution in [3.8, 4) is 0 Å². The Kier molecular flexibility index (Phi) is 3.59. The van der Waals surface area contributed by atoms with Gasteiger partial charge in [0.1, 0.15) is 0 Å². The highest BCUT2D eigenvalue weighted by Crippen LogP contribution is 2.58. The number of aliphatic carboxylic acids is 1. The molecule has 0 aromatic heterocycles. The number of carboxylic acids is 1. The number of hydrogen-bond donors (Lipinski definition) is 2. The van der Waals surface area contributed by atoms with Crippen LogP contribution in [0, 0.1) is 24.2 Å². The van der Waals surface area contributed by atoms with Crippen LogP contribution in [0.2, 0.25) is 0 Å². The van der Waals surface area contributed by atoms with Crippen molar-refractivity contribution in [1.82, 2.24) is 5.32 Å². The highest BCUT2D eigenvalue weighted by atomic mass is 16.4. The van der Waals surface area contributed by atoms with Gasteiger partial charge in [-0.25, -0.2) is 0 Å². The van der Waals surface area contributed by atoms with Crippen LogP contribution in [0.25, 0.3) is 0 Å². The molecular formula is C16H21NO3. The molecule has 4 nitrogen and oxygen atoms in total. The van der Waals surface area contributed by atoms with Crippen LogP contribution >= 0.6 is 0 Å². The molecule has 1 fully saturated rings. The molecule has 1 aromatic carbocycles. The summed E-state index contributed by atoms with van der Waals surface area (Å²) in [5.74, 6) is -2.07. The molecule has 0 bridgehead atoms. The van der Waals surface area contributed by atoms with Gasteiger partial charge < -0.3 is 10.4 Å². The van der Waals surface area contributed by atoms with E-state index in [2.05, 4.69) is 5.32 Å². The van der Waals surface area contributed by atoms with E-state index in [9.17, 15) is 9.59 Å². The fraction of sp³-hybridized carbons (Fsp3) is 0.500. The fourth-order valence-electron chi connectivity index (χ4n) is 2.83. The Morgan fingerprint density at radius 3 is 2.20 bits per heavy atom. The number of carbonyl (C=O) groups is 2. The topological polar surface area (TPSA) is 66.4 Å². The van der Waals surface area contributed by atoms with Gasteiger partial charge in [-0.1, -0.05) is 43.7 Å². The van der Waals surface area contributed by atoms with Gasteiger partial charge in [-0.3, -0.25) is 9.59 Å². The molecule has 0 heterocycles. The summed E-state index contributed by atoms with van der Waals surface area (Å²) in [5, 5.41) is 12.0. The molecule has 0 aliphatic heterocycles. The number of nitrogens with one attached hydrogen (secondary N) is 1. The zero-order valence-electron chi connectivity index (χ0n) is 12.3. The van der Waals surface area contributed by atoms with Crippen molar-refractivity contribution in [2.24, 2.45) is 17.3 Å². The van der Waals surface area contributed by atoms with Crippen LogP contribution in [0.1, 0.15) is 37.9 Å². The summed E-state index contributed by atoms with van der Waals surface area (Å²) in [6.07, 6.45) is 0. The molecule has 2 unspecified atom stereocenters. The minimum absolute atomic E-state index is 0.117. The summed E-state index contributed by atoms with van der Waals surface area (Å²) in [6, 6.07) is 7.84. The maximum atomic E-state index is 12.2. The first-order chi connectivity index (χ1) is 9.25. The van der Waals surface area contributed by atoms with E-state index in [4.69, 9.17) is 5.11 Å². The first-order valence-electron chi connectivity index (χ1n) is 6.85. The van der Waals surface area contributed by atoms with E-state index in [1.807, 2.05) is 52.0 Å². The molecule has 4 heteroatoms. The minimum Gasteiger partial charge on any atom is -0.481 e. The molecule has 1 saturated carbocycles. The van der Waals surface area contributed by atoms with E-state index >= 15 is 0 Å². The zero-order chi connectivity index (χ0) is 15.1. The van der Waals surface area contributed by atoms with Gasteiger partial charge in [0.15, 0.2) is 0 Å². The molecule has 108 valence electrons. The number of carbonyl (C=O) groups excluding carboxylic acids is 1. The normalized spacial score (nSPS) is 24.8. The van der Waals surface area contributed by atoms with Gasteiger partial charge in [-0.15, -0.1) is 0 Å². The molecule has 2 N–H and O–H groups in total. The van der Waals surface area contributed by atoms with Gasteiger partial charge in [0.25, 0.3) is 0 Å². The third-order valence-corrected chi connectivity index (χ3v) is 4.31. The van der Waals surface area contributed by atoms with Gasteiger partial charge >= 0.3 is 5.97 Å². The lowest BCUT2D eigenvalue weighted by Crippen LogP contribution is -2.30. The van der Waals surface area contributed by atoms with Crippen LogP contribution in [0.15, 0.2) is 24.3 Å². The predicted octanol–water partition coefficient (Wildman–Crippen LogP) is 2.53. The molecule has 20 heavy (non-hydrogen) atoms. The lowest BCUT2D eigenvalue weighted by molar-refractivity contribution is -0.140. The molecule has 0 saturated heterocycles. The van der Waals surface area contributed by atoms with Gasteiger partial charge in [-0.05, 0) is 24.8 Å². The molecule has 3 atom stereocenters. The lowest BCUT2D eigenvalue weighted by atomic mass is 10.1. The second kappa shape index (κ2) is 4.93. The lowest BCUT2D eigenvalue weighted by Gasteiger charge is -2.15. The maximum absolute atomic E-state index is 12.2. The largest absolute Gasteiger partial charge is 0.481 e. The summed E-state index contributed by atoms with van der Waals surface area (Å²) in [6.45, 7) is 7.57. The summed E-state index contributed by atoms with van der Waals surface area (Å²) in [4.78, 5) is 23.3. The zero-order valence-corrected chi connectivity index (χ0v) is 12.3. The molecule has 1 aliphatic carbocycles. The first-order valence-corrected chi connectivity index (χ1v) is 6.85. The van der Waals surface area contributed by atoms with Crippen molar-refractivity contribution in [2.75, 3.05) is 0 Å². The molecule has 0 radical (unpaired) electrons. The van der Waals surface area contributed by atoms with Crippen LogP contribution in [-0.2, 0) is 9.59 Å². The standard InChI is InChI=1S/C16H21NO3/c1-9-5-7-11(8-6-9)10(2)17-14(18)12-13(15(19)20)16(12,3)4/h5-8,10,12-13H,1-4H3,(H,17,18)(H,19,20)/t10-,12?,13?/m0/s1. The van der Waals surface area contributed by atoms with Crippen molar-refractivity contribution >= 4 is 11.9 Å². The number of aryl methyl sites for hydroxylation is 1. The Morgan fingerprint density at radius 1 is 1.20 bits per heavy atom. The van der Waals surface area contributed by atoms with Gasteiger partial charge in [0, 0.05) is 0 Å². The second-order valence-corrected chi connectivity index (χ2v) is 6.26. The van der Waals surface area contributed by atoms with E-state index in [1.165, 1.54) is 5.56 Å². The summed E-state index contributed by atoms with van der Waals surface area (Å²) < 4.78 is 0. The SMILES string of the molecule is Cc1ccc([C@H](C)NC(=O)C2C(C(=O)O)C2(C)C)cc1. The van der Waals surface area contributed by atoms with Crippen molar-refractivity contribution in [1.29, 1.82) is 0 Å². The summed E-state index contributed by atoms with van der Waals surface area (Å²) in [5.41, 5.74) is 1.74. The second-order valence-electron chi connectivity index (χ2n) is 6.26. The fourth-order valence-corrected chi connectivity index (χ4v) is 2.83. The van der Waals surface area contributed by atoms with Crippen LogP contribution < -0.4 is 5.32 Å². The van der Waals surface area contributed by atoms with Crippen LogP contribution in [0.5, 0.6) is 0 Å². The molecular weight excluding hydrogens is 254 g/mol. The van der Waals surface area contributed by atoms with Crippen LogP contribution in [0.4, 0.5) is 0 Å².